The number of hydrogen-bond acceptors (Lipinski definition) is 1. The zero-order valence-electron chi connectivity index (χ0n) is 15.6. The van der Waals surface area contributed by atoms with Gasteiger partial charge < -0.3 is 5.32 Å². The second-order valence-corrected chi connectivity index (χ2v) is 8.74. The van der Waals surface area contributed by atoms with E-state index in [1.807, 2.05) is 0 Å². The summed E-state index contributed by atoms with van der Waals surface area (Å²) in [4.78, 5) is 0. The lowest BCUT2D eigenvalue weighted by atomic mass is 9.79. The van der Waals surface area contributed by atoms with Crippen LogP contribution in [-0.2, 0) is 6.54 Å². The molecule has 0 saturated heterocycles. The Bertz CT molecular complexity index is 600. The summed E-state index contributed by atoms with van der Waals surface area (Å²) in [5, 5.41) is 4.00. The minimum Gasteiger partial charge on any atom is -0.310 e. The minimum atomic E-state index is 0.792. The molecule has 2 unspecified atom stereocenters. The molecule has 1 aromatic carbocycles. The summed E-state index contributed by atoms with van der Waals surface area (Å²) < 4.78 is 0. The molecule has 2 bridgehead atoms. The van der Waals surface area contributed by atoms with Gasteiger partial charge in [0.1, 0.15) is 0 Å². The summed E-state index contributed by atoms with van der Waals surface area (Å²) in [6, 6.07) is 0.792. The Kier molecular flexibility index (Phi) is 3.83. The summed E-state index contributed by atoms with van der Waals surface area (Å²) in [5.41, 5.74) is 9.07. The van der Waals surface area contributed by atoms with E-state index in [1.165, 1.54) is 59.9 Å². The SMILES string of the molecule is Cc1c(C)c(C)c(CN[C@@H]2CC3CC2[C@@H]2CCC[C@H]32)c(C)c1C. The van der Waals surface area contributed by atoms with Crippen LogP contribution >= 0.6 is 0 Å². The summed E-state index contributed by atoms with van der Waals surface area (Å²) in [6.45, 7) is 12.6. The fourth-order valence-electron chi connectivity index (χ4n) is 6.38. The van der Waals surface area contributed by atoms with Gasteiger partial charge in [-0.15, -0.1) is 0 Å². The van der Waals surface area contributed by atoms with E-state index in [0.29, 0.717) is 0 Å². The van der Waals surface area contributed by atoms with Gasteiger partial charge in [-0.25, -0.2) is 0 Å². The number of benzene rings is 1. The van der Waals surface area contributed by atoms with Crippen molar-refractivity contribution in [1.29, 1.82) is 0 Å². The zero-order chi connectivity index (χ0) is 16.3. The normalized spacial score (nSPS) is 35.1. The Morgan fingerprint density at radius 2 is 1.35 bits per heavy atom. The number of nitrogens with one attached hydrogen (secondary N) is 1. The van der Waals surface area contributed by atoms with E-state index >= 15 is 0 Å². The molecule has 3 saturated carbocycles. The van der Waals surface area contributed by atoms with Crippen molar-refractivity contribution in [1.82, 2.24) is 5.32 Å². The van der Waals surface area contributed by atoms with Crippen LogP contribution in [0.25, 0.3) is 0 Å². The van der Waals surface area contributed by atoms with E-state index in [2.05, 4.69) is 39.9 Å². The van der Waals surface area contributed by atoms with Gasteiger partial charge in [0.05, 0.1) is 0 Å². The lowest BCUT2D eigenvalue weighted by molar-refractivity contribution is 0.208. The van der Waals surface area contributed by atoms with Gasteiger partial charge in [0.15, 0.2) is 0 Å². The maximum absolute atomic E-state index is 4.00. The third-order valence-corrected chi connectivity index (χ3v) is 8.13. The van der Waals surface area contributed by atoms with E-state index < -0.39 is 0 Å². The van der Waals surface area contributed by atoms with Crippen molar-refractivity contribution >= 4 is 0 Å². The lowest BCUT2D eigenvalue weighted by Crippen LogP contribution is -2.39. The highest BCUT2D eigenvalue weighted by molar-refractivity contribution is 5.49. The Labute approximate surface area is 142 Å². The third kappa shape index (κ3) is 2.30. The van der Waals surface area contributed by atoms with Crippen molar-refractivity contribution in [3.8, 4) is 0 Å². The molecule has 1 nitrogen and oxygen atoms in total. The number of fused-ring (bicyclic) bond motifs is 5. The quantitative estimate of drug-likeness (QED) is 0.814. The molecule has 0 aromatic heterocycles. The molecule has 0 radical (unpaired) electrons. The second-order valence-electron chi connectivity index (χ2n) is 8.74. The molecule has 0 aliphatic heterocycles. The van der Waals surface area contributed by atoms with E-state index in [4.69, 9.17) is 0 Å². The van der Waals surface area contributed by atoms with Crippen LogP contribution in [0.15, 0.2) is 0 Å². The van der Waals surface area contributed by atoms with Crippen LogP contribution in [0.3, 0.4) is 0 Å². The molecule has 0 spiro atoms. The van der Waals surface area contributed by atoms with Crippen molar-refractivity contribution in [2.75, 3.05) is 0 Å². The number of rotatable bonds is 3. The molecule has 0 heterocycles. The Balaban J connectivity index is 1.51. The molecular formula is C22H33N. The van der Waals surface area contributed by atoms with Gasteiger partial charge in [0.2, 0.25) is 0 Å². The lowest BCUT2D eigenvalue weighted by Gasteiger charge is -2.32. The van der Waals surface area contributed by atoms with Gasteiger partial charge in [-0.05, 0) is 117 Å². The fourth-order valence-corrected chi connectivity index (χ4v) is 6.38. The predicted molar refractivity (Wildman–Crippen MR) is 97.8 cm³/mol. The monoisotopic (exact) mass is 311 g/mol. The van der Waals surface area contributed by atoms with Crippen molar-refractivity contribution < 1.29 is 0 Å². The molecule has 1 aromatic rings. The highest BCUT2D eigenvalue weighted by Gasteiger charge is 2.53. The van der Waals surface area contributed by atoms with Crippen LogP contribution in [0.4, 0.5) is 0 Å². The second kappa shape index (κ2) is 5.62. The van der Waals surface area contributed by atoms with Gasteiger partial charge in [0.25, 0.3) is 0 Å². The van der Waals surface area contributed by atoms with Crippen LogP contribution in [0.2, 0.25) is 0 Å². The van der Waals surface area contributed by atoms with E-state index in [-0.39, 0.29) is 0 Å². The highest BCUT2D eigenvalue weighted by Crippen LogP contribution is 2.58. The number of hydrogen-bond donors (Lipinski definition) is 1. The first-order valence-corrected chi connectivity index (χ1v) is 9.78. The molecule has 3 fully saturated rings. The standard InChI is InChI=1S/C22H33N/c1-12-13(2)15(4)21(16(5)14(12)3)11-23-22-10-17-9-20(22)19-8-6-7-18(17)19/h17-20,22-23H,6-11H2,1-5H3/t17?,18-,19-,20?,22-/m1/s1. The van der Waals surface area contributed by atoms with Gasteiger partial charge >= 0.3 is 0 Å². The molecule has 1 N–H and O–H groups in total. The molecule has 3 aliphatic rings. The van der Waals surface area contributed by atoms with Gasteiger partial charge in [0, 0.05) is 12.6 Å². The average Bonchev–Trinajstić information content (AvgIpc) is 3.23. The average molecular weight is 312 g/mol. The Morgan fingerprint density at radius 3 is 2.04 bits per heavy atom. The first-order chi connectivity index (χ1) is 11.0. The van der Waals surface area contributed by atoms with Crippen LogP contribution in [0, 0.1) is 58.3 Å². The van der Waals surface area contributed by atoms with Crippen molar-refractivity contribution in [2.45, 2.75) is 79.3 Å². The third-order valence-electron chi connectivity index (χ3n) is 8.13. The first kappa shape index (κ1) is 15.7. The van der Waals surface area contributed by atoms with Crippen molar-refractivity contribution in [3.63, 3.8) is 0 Å². The largest absolute Gasteiger partial charge is 0.310 e. The zero-order valence-corrected chi connectivity index (χ0v) is 15.6. The smallest absolute Gasteiger partial charge is 0.0213 e. The predicted octanol–water partition coefficient (Wildman–Crippen LogP) is 5.14. The fraction of sp³-hybridized carbons (Fsp3) is 0.727. The van der Waals surface area contributed by atoms with Crippen LogP contribution in [0.1, 0.15) is 65.5 Å². The minimum absolute atomic E-state index is 0.792. The summed E-state index contributed by atoms with van der Waals surface area (Å²) >= 11 is 0. The highest BCUT2D eigenvalue weighted by atomic mass is 14.9. The topological polar surface area (TPSA) is 12.0 Å². The van der Waals surface area contributed by atoms with Crippen molar-refractivity contribution in [2.24, 2.45) is 23.7 Å². The van der Waals surface area contributed by atoms with E-state index in [9.17, 15) is 0 Å². The van der Waals surface area contributed by atoms with Crippen LogP contribution in [0.5, 0.6) is 0 Å². The van der Waals surface area contributed by atoms with Crippen molar-refractivity contribution in [3.05, 3.63) is 33.4 Å². The molecule has 4 rings (SSSR count). The maximum Gasteiger partial charge on any atom is 0.0213 e. The molecular weight excluding hydrogens is 278 g/mol. The molecule has 5 atom stereocenters. The van der Waals surface area contributed by atoms with Crippen LogP contribution < -0.4 is 5.32 Å². The molecule has 3 aliphatic carbocycles. The van der Waals surface area contributed by atoms with Gasteiger partial charge in [-0.2, -0.15) is 0 Å². The van der Waals surface area contributed by atoms with Gasteiger partial charge in [-0.1, -0.05) is 6.42 Å². The summed E-state index contributed by atoms with van der Waals surface area (Å²) in [5.74, 6) is 4.20. The maximum atomic E-state index is 4.00. The molecule has 0 amide bonds. The molecule has 126 valence electrons. The first-order valence-electron chi connectivity index (χ1n) is 9.78. The van der Waals surface area contributed by atoms with Gasteiger partial charge in [-0.3, -0.25) is 0 Å². The molecule has 1 heteroatoms. The van der Waals surface area contributed by atoms with Crippen LogP contribution in [-0.4, -0.2) is 6.04 Å². The Hall–Kier alpha value is -0.820. The Morgan fingerprint density at radius 1 is 0.739 bits per heavy atom. The summed E-state index contributed by atoms with van der Waals surface area (Å²) in [7, 11) is 0. The molecule has 23 heavy (non-hydrogen) atoms. The van der Waals surface area contributed by atoms with E-state index in [1.54, 1.807) is 5.56 Å². The van der Waals surface area contributed by atoms with E-state index in [0.717, 1.165) is 36.3 Å². The summed E-state index contributed by atoms with van der Waals surface area (Å²) in [6.07, 6.45) is 7.53.